The molecule has 3 heterocycles. The van der Waals surface area contributed by atoms with Gasteiger partial charge in [-0.3, -0.25) is 4.57 Å². The molecule has 10 nitrogen and oxygen atoms in total. The van der Waals surface area contributed by atoms with Gasteiger partial charge in [0.2, 0.25) is 5.95 Å². The van der Waals surface area contributed by atoms with Crippen LogP contribution in [0.4, 0.5) is 11.8 Å². The van der Waals surface area contributed by atoms with Crippen molar-refractivity contribution in [3.05, 3.63) is 6.33 Å². The molecule has 10 heteroatoms. The zero-order valence-corrected chi connectivity index (χ0v) is 13.9. The first-order valence-corrected chi connectivity index (χ1v) is 8.20. The molecule has 5 atom stereocenters. The van der Waals surface area contributed by atoms with E-state index in [1.54, 1.807) is 0 Å². The number of anilines is 2. The van der Waals surface area contributed by atoms with E-state index in [4.69, 9.17) is 22.3 Å². The highest BCUT2D eigenvalue weighted by atomic mass is 16.6. The number of aliphatic hydroxyl groups excluding tert-OH is 2. The molecule has 3 rings (SSSR count). The Morgan fingerprint density at radius 3 is 2.96 bits per heavy atom. The van der Waals surface area contributed by atoms with Gasteiger partial charge in [0.15, 0.2) is 17.7 Å². The Bertz CT molecular complexity index is 759. The van der Waals surface area contributed by atoms with Crippen molar-refractivity contribution in [2.45, 2.75) is 50.7 Å². The summed E-state index contributed by atoms with van der Waals surface area (Å²) < 4.78 is 20.8. The predicted molar refractivity (Wildman–Crippen MR) is 90.4 cm³/mol. The number of aromatic nitrogens is 4. The molecule has 0 saturated carbocycles. The van der Waals surface area contributed by atoms with Gasteiger partial charge in [-0.2, -0.15) is 9.97 Å². The van der Waals surface area contributed by atoms with Crippen LogP contribution in [-0.2, 0) is 9.47 Å². The summed E-state index contributed by atoms with van der Waals surface area (Å²) in [6, 6.07) is 0. The van der Waals surface area contributed by atoms with Crippen molar-refractivity contribution in [3.8, 4) is 0 Å². The zero-order chi connectivity index (χ0) is 18.8. The number of nitrogens with zero attached hydrogens (tertiary/aromatic N) is 4. The highest BCUT2D eigenvalue weighted by Gasteiger charge is 2.45. The first-order valence-electron chi connectivity index (χ1n) is 8.77. The number of ether oxygens (including phenoxy) is 2. The van der Waals surface area contributed by atoms with Gasteiger partial charge >= 0.3 is 0 Å². The average molecular weight is 353 g/mol. The zero-order valence-electron chi connectivity index (χ0n) is 14.9. The highest BCUT2D eigenvalue weighted by Crippen LogP contribution is 2.33. The third-order valence-corrected chi connectivity index (χ3v) is 4.13. The topological polar surface area (TPSA) is 155 Å². The van der Waals surface area contributed by atoms with E-state index >= 15 is 0 Å². The van der Waals surface area contributed by atoms with Crippen LogP contribution in [0.1, 0.15) is 33.8 Å². The minimum absolute atomic E-state index is 0.0210. The SMILES string of the molecule is [2H]C(CCC)CO[C@@H]1[C@@H](CO)OC(n2cnc3c(N)nc(N)nc32)[C@@H]1O. The fourth-order valence-electron chi connectivity index (χ4n) is 2.91. The van der Waals surface area contributed by atoms with Crippen molar-refractivity contribution < 1.29 is 21.1 Å². The van der Waals surface area contributed by atoms with Crippen LogP contribution in [-0.4, -0.2) is 61.3 Å². The summed E-state index contributed by atoms with van der Waals surface area (Å²) in [5, 5.41) is 20.3. The van der Waals surface area contributed by atoms with E-state index in [1.165, 1.54) is 10.9 Å². The first-order chi connectivity index (χ1) is 12.5. The van der Waals surface area contributed by atoms with E-state index in [1.807, 2.05) is 6.92 Å². The van der Waals surface area contributed by atoms with Crippen LogP contribution in [0.5, 0.6) is 0 Å². The van der Waals surface area contributed by atoms with Crippen molar-refractivity contribution in [1.29, 1.82) is 0 Å². The average Bonchev–Trinajstić information content (AvgIpc) is 3.14. The maximum Gasteiger partial charge on any atom is 0.224 e. The van der Waals surface area contributed by atoms with Crippen molar-refractivity contribution in [2.75, 3.05) is 24.7 Å². The number of nitrogen functional groups attached to an aromatic ring is 2. The molecule has 138 valence electrons. The maximum atomic E-state index is 10.7. The van der Waals surface area contributed by atoms with Gasteiger partial charge in [-0.1, -0.05) is 19.8 Å². The van der Waals surface area contributed by atoms with E-state index in [2.05, 4.69) is 15.0 Å². The Hall–Kier alpha value is -2.01. The van der Waals surface area contributed by atoms with E-state index in [9.17, 15) is 10.2 Å². The summed E-state index contributed by atoms with van der Waals surface area (Å²) in [6.07, 6.45) is -0.893. The van der Waals surface area contributed by atoms with Crippen molar-refractivity contribution in [3.63, 3.8) is 0 Å². The fourth-order valence-corrected chi connectivity index (χ4v) is 2.91. The Morgan fingerprint density at radius 1 is 1.44 bits per heavy atom. The molecule has 1 aliphatic rings. The van der Waals surface area contributed by atoms with E-state index in [0.29, 0.717) is 17.6 Å². The molecule has 25 heavy (non-hydrogen) atoms. The molecule has 2 unspecified atom stereocenters. The first kappa shape index (κ1) is 16.5. The lowest BCUT2D eigenvalue weighted by Crippen LogP contribution is -2.36. The summed E-state index contributed by atoms with van der Waals surface area (Å²) in [4.78, 5) is 12.1. The fraction of sp³-hybridized carbons (Fsp3) is 0.667. The van der Waals surface area contributed by atoms with Gasteiger partial charge in [-0.05, 0) is 6.40 Å². The number of rotatable bonds is 7. The summed E-state index contributed by atoms with van der Waals surface area (Å²) in [7, 11) is 0. The van der Waals surface area contributed by atoms with Gasteiger partial charge in [-0.15, -0.1) is 0 Å². The summed E-state index contributed by atoms with van der Waals surface area (Å²) in [5.74, 6) is 0.106. The maximum absolute atomic E-state index is 10.7. The molecule has 6 N–H and O–H groups in total. The monoisotopic (exact) mass is 353 g/mol. The van der Waals surface area contributed by atoms with Crippen LogP contribution in [0.25, 0.3) is 11.2 Å². The lowest BCUT2D eigenvalue weighted by atomic mass is 10.1. The molecule has 0 aliphatic carbocycles. The minimum Gasteiger partial charge on any atom is -0.394 e. The molecule has 1 aliphatic heterocycles. The second kappa shape index (κ2) is 7.48. The molecule has 0 bridgehead atoms. The lowest BCUT2D eigenvalue weighted by Gasteiger charge is -2.20. The number of nitrogens with two attached hydrogens (primary N) is 2. The van der Waals surface area contributed by atoms with Crippen LogP contribution in [0.2, 0.25) is 0 Å². The van der Waals surface area contributed by atoms with Crippen LogP contribution in [0.3, 0.4) is 0 Å². The van der Waals surface area contributed by atoms with Crippen LogP contribution < -0.4 is 11.5 Å². The third kappa shape index (κ3) is 3.38. The highest BCUT2D eigenvalue weighted by molar-refractivity contribution is 5.82. The second-order valence-corrected chi connectivity index (χ2v) is 5.90. The normalized spacial score (nSPS) is 28.4. The summed E-state index contributed by atoms with van der Waals surface area (Å²) in [5.41, 5.74) is 12.1. The van der Waals surface area contributed by atoms with E-state index < -0.39 is 30.9 Å². The summed E-state index contributed by atoms with van der Waals surface area (Å²) >= 11 is 0. The molecular formula is C15H24N6O4. The Balaban J connectivity index is 1.83. The molecule has 0 radical (unpaired) electrons. The molecule has 0 aromatic carbocycles. The Labute approximate surface area is 146 Å². The van der Waals surface area contributed by atoms with Crippen molar-refractivity contribution in [2.24, 2.45) is 0 Å². The Kier molecular flexibility index (Phi) is 4.92. The number of fused-ring (bicyclic) bond motifs is 1. The largest absolute Gasteiger partial charge is 0.394 e. The van der Waals surface area contributed by atoms with Gasteiger partial charge in [0.1, 0.15) is 23.8 Å². The van der Waals surface area contributed by atoms with Crippen molar-refractivity contribution in [1.82, 2.24) is 19.5 Å². The number of hydrogen-bond acceptors (Lipinski definition) is 9. The smallest absolute Gasteiger partial charge is 0.224 e. The predicted octanol–water partition coefficient (Wildman–Crippen LogP) is -0.183. The van der Waals surface area contributed by atoms with Crippen molar-refractivity contribution >= 4 is 22.9 Å². The van der Waals surface area contributed by atoms with Crippen LogP contribution in [0.15, 0.2) is 6.33 Å². The minimum atomic E-state index is -1.09. The quantitative estimate of drug-likeness (QED) is 0.530. The molecule has 2 aromatic heterocycles. The Morgan fingerprint density at radius 2 is 2.24 bits per heavy atom. The molecule has 2 aromatic rings. The molecule has 0 spiro atoms. The molecular weight excluding hydrogens is 328 g/mol. The molecule has 0 amide bonds. The molecule has 1 saturated heterocycles. The second-order valence-electron chi connectivity index (χ2n) is 5.90. The van der Waals surface area contributed by atoms with Crippen LogP contribution in [0, 0.1) is 0 Å². The summed E-state index contributed by atoms with van der Waals surface area (Å²) in [6.45, 7) is 1.81. The van der Waals surface area contributed by atoms with Gasteiger partial charge in [-0.25, -0.2) is 4.98 Å². The van der Waals surface area contributed by atoms with E-state index in [0.717, 1.165) is 6.42 Å². The molecule has 1 fully saturated rings. The van der Waals surface area contributed by atoms with Crippen LogP contribution >= 0.6 is 0 Å². The number of imidazole rings is 1. The third-order valence-electron chi connectivity index (χ3n) is 4.13. The number of hydrogen-bond donors (Lipinski definition) is 4. The van der Waals surface area contributed by atoms with Gasteiger partial charge in [0.05, 0.1) is 12.9 Å². The number of aliphatic hydroxyl groups is 2. The van der Waals surface area contributed by atoms with Gasteiger partial charge < -0.3 is 31.2 Å². The standard InChI is InChI=1S/C15H24N6O4/c1-2-3-4-5-24-11-8(6-22)25-14(10(11)23)21-7-18-9-12(16)19-15(17)20-13(9)21/h7-8,10-11,14,22-23H,2-6H2,1H3,(H4,16,17,19,20)/t8-,10-,11-,14?/m1/s1/i4D/t4?,8-,10-,11-,14?. The van der Waals surface area contributed by atoms with Gasteiger partial charge in [0, 0.05) is 7.98 Å². The van der Waals surface area contributed by atoms with E-state index in [-0.39, 0.29) is 25.0 Å². The lowest BCUT2D eigenvalue weighted by molar-refractivity contribution is -0.0609. The van der Waals surface area contributed by atoms with Gasteiger partial charge in [0.25, 0.3) is 0 Å².